The zero-order valence-electron chi connectivity index (χ0n) is 13.2. The van der Waals surface area contributed by atoms with Crippen LogP contribution in [0.2, 0.25) is 0 Å². The molecule has 0 aromatic rings. The standard InChI is InChI=1S/C16H32N2O/c1-5-12(11-17)15(19)18-14-9-7-13(8-10-14)16(3,4)6-2/h12-14H,5-11,17H2,1-4H3,(H,18,19). The molecule has 3 N–H and O–H groups in total. The average molecular weight is 268 g/mol. The number of carbonyl (C=O) groups is 1. The molecule has 0 spiro atoms. The summed E-state index contributed by atoms with van der Waals surface area (Å²) in [6, 6.07) is 0.372. The van der Waals surface area contributed by atoms with E-state index < -0.39 is 0 Å². The molecule has 1 fully saturated rings. The highest BCUT2D eigenvalue weighted by molar-refractivity contribution is 5.79. The molecule has 1 amide bonds. The van der Waals surface area contributed by atoms with Gasteiger partial charge in [-0.15, -0.1) is 0 Å². The van der Waals surface area contributed by atoms with E-state index in [9.17, 15) is 4.79 Å². The molecular weight excluding hydrogens is 236 g/mol. The summed E-state index contributed by atoms with van der Waals surface area (Å²) in [7, 11) is 0. The number of rotatable bonds is 6. The van der Waals surface area contributed by atoms with Gasteiger partial charge in [-0.3, -0.25) is 4.79 Å². The molecule has 0 heterocycles. The highest BCUT2D eigenvalue weighted by Gasteiger charge is 2.32. The molecular formula is C16H32N2O. The van der Waals surface area contributed by atoms with Crippen molar-refractivity contribution in [3.05, 3.63) is 0 Å². The van der Waals surface area contributed by atoms with E-state index in [0.717, 1.165) is 25.2 Å². The molecule has 0 aliphatic heterocycles. The Bertz CT molecular complexity index is 276. The fraction of sp³-hybridized carbons (Fsp3) is 0.938. The highest BCUT2D eigenvalue weighted by atomic mass is 16.1. The second-order valence-corrected chi connectivity index (χ2v) is 6.74. The van der Waals surface area contributed by atoms with Crippen molar-refractivity contribution < 1.29 is 4.79 Å². The van der Waals surface area contributed by atoms with Crippen molar-refractivity contribution in [3.8, 4) is 0 Å². The van der Waals surface area contributed by atoms with Gasteiger partial charge in [0.1, 0.15) is 0 Å². The van der Waals surface area contributed by atoms with Gasteiger partial charge in [0.25, 0.3) is 0 Å². The first-order valence-electron chi connectivity index (χ1n) is 7.95. The van der Waals surface area contributed by atoms with Crippen molar-refractivity contribution >= 4 is 5.91 Å². The Morgan fingerprint density at radius 2 is 1.84 bits per heavy atom. The van der Waals surface area contributed by atoms with Gasteiger partial charge in [0.15, 0.2) is 0 Å². The van der Waals surface area contributed by atoms with Crippen LogP contribution in [0.4, 0.5) is 0 Å². The molecule has 19 heavy (non-hydrogen) atoms. The monoisotopic (exact) mass is 268 g/mol. The van der Waals surface area contributed by atoms with Crippen LogP contribution in [-0.2, 0) is 4.79 Å². The molecule has 1 aliphatic rings. The predicted octanol–water partition coefficient (Wildman–Crippen LogP) is 3.08. The lowest BCUT2D eigenvalue weighted by Gasteiger charge is -2.39. The number of hydrogen-bond donors (Lipinski definition) is 2. The molecule has 0 aromatic heterocycles. The van der Waals surface area contributed by atoms with Crippen molar-refractivity contribution in [1.29, 1.82) is 0 Å². The molecule has 0 saturated heterocycles. The van der Waals surface area contributed by atoms with Gasteiger partial charge in [0.2, 0.25) is 5.91 Å². The van der Waals surface area contributed by atoms with Crippen molar-refractivity contribution in [2.24, 2.45) is 23.0 Å². The molecule has 0 bridgehead atoms. The van der Waals surface area contributed by atoms with E-state index in [4.69, 9.17) is 5.73 Å². The van der Waals surface area contributed by atoms with Crippen LogP contribution in [0.1, 0.15) is 66.2 Å². The van der Waals surface area contributed by atoms with Crippen molar-refractivity contribution in [3.63, 3.8) is 0 Å². The first-order chi connectivity index (χ1) is 8.94. The van der Waals surface area contributed by atoms with Gasteiger partial charge in [-0.1, -0.05) is 34.1 Å². The summed E-state index contributed by atoms with van der Waals surface area (Å²) in [6.07, 6.45) is 6.80. The maximum Gasteiger partial charge on any atom is 0.224 e. The second kappa shape index (κ2) is 7.28. The van der Waals surface area contributed by atoms with E-state index >= 15 is 0 Å². The molecule has 1 unspecified atom stereocenters. The van der Waals surface area contributed by atoms with Crippen LogP contribution in [0.15, 0.2) is 0 Å². The van der Waals surface area contributed by atoms with Gasteiger partial charge in [-0.05, 0) is 43.4 Å². The smallest absolute Gasteiger partial charge is 0.224 e. The van der Waals surface area contributed by atoms with Crippen molar-refractivity contribution in [2.75, 3.05) is 6.54 Å². The third-order valence-electron chi connectivity index (χ3n) is 5.24. The van der Waals surface area contributed by atoms with E-state index in [0.29, 0.717) is 18.0 Å². The fourth-order valence-corrected chi connectivity index (χ4v) is 3.09. The lowest BCUT2D eigenvalue weighted by Crippen LogP contribution is -2.43. The van der Waals surface area contributed by atoms with Crippen LogP contribution >= 0.6 is 0 Å². The van der Waals surface area contributed by atoms with Crippen molar-refractivity contribution in [2.45, 2.75) is 72.3 Å². The van der Waals surface area contributed by atoms with Crippen LogP contribution in [0.5, 0.6) is 0 Å². The van der Waals surface area contributed by atoms with Gasteiger partial charge < -0.3 is 11.1 Å². The van der Waals surface area contributed by atoms with Crippen LogP contribution in [-0.4, -0.2) is 18.5 Å². The first kappa shape index (κ1) is 16.5. The number of nitrogens with one attached hydrogen (secondary N) is 1. The minimum absolute atomic E-state index is 0.00944. The molecule has 1 aliphatic carbocycles. The Kier molecular flexibility index (Phi) is 6.31. The fourth-order valence-electron chi connectivity index (χ4n) is 3.09. The minimum atomic E-state index is -0.00944. The Morgan fingerprint density at radius 3 is 2.26 bits per heavy atom. The summed E-state index contributed by atoms with van der Waals surface area (Å²) in [6.45, 7) is 9.51. The Balaban J connectivity index is 2.40. The third kappa shape index (κ3) is 4.48. The molecule has 0 radical (unpaired) electrons. The number of amides is 1. The molecule has 3 heteroatoms. The number of hydrogen-bond acceptors (Lipinski definition) is 2. The van der Waals surface area contributed by atoms with Gasteiger partial charge in [-0.2, -0.15) is 0 Å². The summed E-state index contributed by atoms with van der Waals surface area (Å²) in [5.74, 6) is 0.954. The molecule has 1 saturated carbocycles. The first-order valence-corrected chi connectivity index (χ1v) is 7.95. The van der Waals surface area contributed by atoms with E-state index in [1.165, 1.54) is 19.3 Å². The zero-order chi connectivity index (χ0) is 14.5. The molecule has 3 nitrogen and oxygen atoms in total. The van der Waals surface area contributed by atoms with Gasteiger partial charge in [0.05, 0.1) is 0 Å². The van der Waals surface area contributed by atoms with Gasteiger partial charge >= 0.3 is 0 Å². The largest absolute Gasteiger partial charge is 0.353 e. The quantitative estimate of drug-likeness (QED) is 0.778. The summed E-state index contributed by atoms with van der Waals surface area (Å²) in [5.41, 5.74) is 6.07. The summed E-state index contributed by atoms with van der Waals surface area (Å²) in [5, 5.41) is 3.19. The van der Waals surface area contributed by atoms with Crippen LogP contribution in [0.25, 0.3) is 0 Å². The van der Waals surface area contributed by atoms with E-state index in [2.05, 4.69) is 26.1 Å². The third-order valence-corrected chi connectivity index (χ3v) is 5.24. The van der Waals surface area contributed by atoms with Gasteiger partial charge in [-0.25, -0.2) is 0 Å². The highest BCUT2D eigenvalue weighted by Crippen LogP contribution is 2.40. The van der Waals surface area contributed by atoms with Crippen LogP contribution in [0.3, 0.4) is 0 Å². The Hall–Kier alpha value is -0.570. The van der Waals surface area contributed by atoms with Gasteiger partial charge in [0, 0.05) is 18.5 Å². The van der Waals surface area contributed by atoms with Crippen LogP contribution in [0, 0.1) is 17.3 Å². The Labute approximate surface area is 118 Å². The predicted molar refractivity (Wildman–Crippen MR) is 80.8 cm³/mol. The second-order valence-electron chi connectivity index (χ2n) is 6.74. The topological polar surface area (TPSA) is 55.1 Å². The number of nitrogens with two attached hydrogens (primary N) is 1. The van der Waals surface area contributed by atoms with Crippen molar-refractivity contribution in [1.82, 2.24) is 5.32 Å². The lowest BCUT2D eigenvalue weighted by molar-refractivity contribution is -0.125. The van der Waals surface area contributed by atoms with E-state index in [-0.39, 0.29) is 11.8 Å². The molecule has 1 rings (SSSR count). The molecule has 1 atom stereocenters. The zero-order valence-corrected chi connectivity index (χ0v) is 13.2. The molecule has 112 valence electrons. The van der Waals surface area contributed by atoms with E-state index in [1.54, 1.807) is 0 Å². The minimum Gasteiger partial charge on any atom is -0.353 e. The maximum absolute atomic E-state index is 12.0. The summed E-state index contributed by atoms with van der Waals surface area (Å²) >= 11 is 0. The average Bonchev–Trinajstić information content (AvgIpc) is 2.40. The molecule has 0 aromatic carbocycles. The normalized spacial score (nSPS) is 25.9. The lowest BCUT2D eigenvalue weighted by atomic mass is 9.69. The SMILES string of the molecule is CCC(CN)C(=O)NC1CCC(C(C)(C)CC)CC1. The van der Waals surface area contributed by atoms with Crippen LogP contribution < -0.4 is 11.1 Å². The summed E-state index contributed by atoms with van der Waals surface area (Å²) < 4.78 is 0. The summed E-state index contributed by atoms with van der Waals surface area (Å²) in [4.78, 5) is 12.0. The maximum atomic E-state index is 12.0. The van der Waals surface area contributed by atoms with E-state index in [1.807, 2.05) is 6.92 Å². The Morgan fingerprint density at radius 1 is 1.26 bits per heavy atom. The number of carbonyl (C=O) groups excluding carboxylic acids is 1.